The number of pyridine rings is 1. The summed E-state index contributed by atoms with van der Waals surface area (Å²) in [5, 5.41) is 2.51. The highest BCUT2D eigenvalue weighted by Crippen LogP contribution is 2.06. The molecule has 0 fully saturated rings. The zero-order valence-corrected chi connectivity index (χ0v) is 10.0. The minimum atomic E-state index is -0.323. The van der Waals surface area contributed by atoms with E-state index in [9.17, 15) is 4.79 Å². The van der Waals surface area contributed by atoms with Crippen molar-refractivity contribution in [1.29, 1.82) is 0 Å². The molecule has 0 spiro atoms. The summed E-state index contributed by atoms with van der Waals surface area (Å²) in [6.07, 6.45) is 1.65. The van der Waals surface area contributed by atoms with E-state index in [-0.39, 0.29) is 24.9 Å². The molecule has 0 saturated carbocycles. The number of nitrogens with zero attached hydrogens (tertiary/aromatic N) is 1. The molecule has 3 N–H and O–H groups in total. The predicted octanol–water partition coefficient (Wildman–Crippen LogP) is 0.937. The van der Waals surface area contributed by atoms with Crippen molar-refractivity contribution >= 4 is 46.7 Å². The van der Waals surface area contributed by atoms with Crippen molar-refractivity contribution in [2.24, 2.45) is 5.90 Å². The topological polar surface area (TPSA) is 77.2 Å². The fourth-order valence-electron chi connectivity index (χ4n) is 0.704. The van der Waals surface area contributed by atoms with Gasteiger partial charge in [-0.2, -0.15) is 0 Å². The van der Waals surface area contributed by atoms with Crippen LogP contribution in [-0.4, -0.2) is 17.5 Å². The van der Waals surface area contributed by atoms with Crippen LogP contribution in [0.2, 0.25) is 0 Å². The molecule has 0 unspecified atom stereocenters. The number of carbonyl (C=O) groups is 1. The highest BCUT2D eigenvalue weighted by Gasteiger charge is 2.01. The minimum Gasteiger partial charge on any atom is -0.309 e. The number of amides is 1. The standard InChI is InChI=1S/C7H8IN3O2.ClH/c8-5-1-2-6(10-3-5)11-7(12)4-13-9;/h1-3H,4,9H2,(H,10,11,12);1H. The van der Waals surface area contributed by atoms with E-state index in [1.807, 2.05) is 6.07 Å². The number of hydrogen-bond acceptors (Lipinski definition) is 4. The largest absolute Gasteiger partial charge is 0.309 e. The molecule has 1 rings (SSSR count). The quantitative estimate of drug-likeness (QED) is 0.639. The van der Waals surface area contributed by atoms with E-state index in [2.05, 4.69) is 37.7 Å². The summed E-state index contributed by atoms with van der Waals surface area (Å²) in [4.78, 5) is 19.1. The fraction of sp³-hybridized carbons (Fsp3) is 0.143. The molecular formula is C7H9ClIN3O2. The van der Waals surface area contributed by atoms with Crippen molar-refractivity contribution in [1.82, 2.24) is 4.98 Å². The van der Waals surface area contributed by atoms with Crippen LogP contribution in [0.5, 0.6) is 0 Å². The van der Waals surface area contributed by atoms with Gasteiger partial charge in [-0.1, -0.05) is 0 Å². The summed E-state index contributed by atoms with van der Waals surface area (Å²) in [5.74, 6) is 4.89. The Hall–Kier alpha value is -0.440. The SMILES string of the molecule is Cl.NOCC(=O)Nc1ccc(I)cn1. The van der Waals surface area contributed by atoms with Crippen LogP contribution >= 0.6 is 35.0 Å². The third kappa shape index (κ3) is 4.70. The summed E-state index contributed by atoms with van der Waals surface area (Å²) in [6.45, 7) is -0.173. The van der Waals surface area contributed by atoms with Gasteiger partial charge in [0.1, 0.15) is 12.4 Å². The number of nitrogens with one attached hydrogen (secondary N) is 1. The molecule has 5 nitrogen and oxygen atoms in total. The van der Waals surface area contributed by atoms with Gasteiger partial charge in [0.05, 0.1) is 0 Å². The van der Waals surface area contributed by atoms with Crippen LogP contribution in [0.1, 0.15) is 0 Å². The summed E-state index contributed by atoms with van der Waals surface area (Å²) in [7, 11) is 0. The Labute approximate surface area is 101 Å². The summed E-state index contributed by atoms with van der Waals surface area (Å²) in [5.41, 5.74) is 0. The Bertz CT molecular complexity index is 293. The van der Waals surface area contributed by atoms with Crippen molar-refractivity contribution in [2.75, 3.05) is 11.9 Å². The fourth-order valence-corrected chi connectivity index (χ4v) is 1.02. The zero-order chi connectivity index (χ0) is 9.68. The highest BCUT2D eigenvalue weighted by atomic mass is 127. The second kappa shape index (κ2) is 6.93. The summed E-state index contributed by atoms with van der Waals surface area (Å²) >= 11 is 2.13. The Morgan fingerprint density at radius 3 is 2.86 bits per heavy atom. The van der Waals surface area contributed by atoms with Crippen LogP contribution in [0.4, 0.5) is 5.82 Å². The van der Waals surface area contributed by atoms with Crippen molar-refractivity contribution in [3.05, 3.63) is 21.9 Å². The lowest BCUT2D eigenvalue weighted by atomic mass is 10.4. The Balaban J connectivity index is 0.00000169. The first-order chi connectivity index (χ1) is 6.22. The van der Waals surface area contributed by atoms with Crippen LogP contribution in [0, 0.1) is 3.57 Å². The second-order valence-electron chi connectivity index (χ2n) is 2.22. The van der Waals surface area contributed by atoms with Crippen LogP contribution in [0.3, 0.4) is 0 Å². The average Bonchev–Trinajstić information content (AvgIpc) is 2.09. The maximum atomic E-state index is 10.9. The van der Waals surface area contributed by atoms with E-state index in [0.29, 0.717) is 5.82 Å². The molecule has 78 valence electrons. The van der Waals surface area contributed by atoms with Gasteiger partial charge in [-0.05, 0) is 34.7 Å². The maximum absolute atomic E-state index is 10.9. The molecule has 0 aromatic carbocycles. The first-order valence-corrected chi connectivity index (χ1v) is 4.53. The van der Waals surface area contributed by atoms with E-state index in [1.54, 1.807) is 12.3 Å². The van der Waals surface area contributed by atoms with Crippen LogP contribution in [-0.2, 0) is 9.63 Å². The Morgan fingerprint density at radius 1 is 1.64 bits per heavy atom. The van der Waals surface area contributed by atoms with Crippen molar-refractivity contribution in [3.63, 3.8) is 0 Å². The number of anilines is 1. The van der Waals surface area contributed by atoms with Gasteiger partial charge in [-0.15, -0.1) is 12.4 Å². The van der Waals surface area contributed by atoms with Crippen LogP contribution in [0.15, 0.2) is 18.3 Å². The molecule has 7 heteroatoms. The average molecular weight is 330 g/mol. The number of rotatable bonds is 3. The van der Waals surface area contributed by atoms with E-state index in [0.717, 1.165) is 3.57 Å². The lowest BCUT2D eigenvalue weighted by Crippen LogP contribution is -2.20. The molecule has 0 atom stereocenters. The summed E-state index contributed by atoms with van der Waals surface area (Å²) in [6, 6.07) is 3.54. The molecule has 0 aliphatic heterocycles. The molecule has 1 heterocycles. The molecule has 1 aromatic heterocycles. The van der Waals surface area contributed by atoms with E-state index < -0.39 is 0 Å². The third-order valence-electron chi connectivity index (χ3n) is 1.21. The second-order valence-corrected chi connectivity index (χ2v) is 3.47. The van der Waals surface area contributed by atoms with Gasteiger partial charge < -0.3 is 5.32 Å². The molecule has 0 radical (unpaired) electrons. The third-order valence-corrected chi connectivity index (χ3v) is 1.85. The lowest BCUT2D eigenvalue weighted by molar-refractivity contribution is -0.120. The molecule has 0 bridgehead atoms. The monoisotopic (exact) mass is 329 g/mol. The molecule has 1 amide bonds. The van der Waals surface area contributed by atoms with Gasteiger partial charge in [0.25, 0.3) is 5.91 Å². The first kappa shape index (κ1) is 13.6. The molecule has 1 aromatic rings. The van der Waals surface area contributed by atoms with E-state index in [4.69, 9.17) is 5.90 Å². The number of hydrogen-bond donors (Lipinski definition) is 2. The summed E-state index contributed by atoms with van der Waals surface area (Å²) < 4.78 is 1.01. The molecule has 0 saturated heterocycles. The first-order valence-electron chi connectivity index (χ1n) is 3.45. The Kier molecular flexibility index (Phi) is 6.71. The normalized spacial score (nSPS) is 9.00. The van der Waals surface area contributed by atoms with Crippen molar-refractivity contribution in [2.45, 2.75) is 0 Å². The zero-order valence-electron chi connectivity index (χ0n) is 7.07. The van der Waals surface area contributed by atoms with Gasteiger partial charge in [0.15, 0.2) is 0 Å². The number of nitrogens with two attached hydrogens (primary N) is 1. The predicted molar refractivity (Wildman–Crippen MR) is 63.0 cm³/mol. The van der Waals surface area contributed by atoms with Gasteiger partial charge in [0, 0.05) is 9.77 Å². The van der Waals surface area contributed by atoms with Crippen LogP contribution < -0.4 is 11.2 Å². The Morgan fingerprint density at radius 2 is 2.36 bits per heavy atom. The van der Waals surface area contributed by atoms with E-state index in [1.165, 1.54) is 0 Å². The van der Waals surface area contributed by atoms with Crippen molar-refractivity contribution < 1.29 is 9.63 Å². The molecular weight excluding hydrogens is 320 g/mol. The lowest BCUT2D eigenvalue weighted by Gasteiger charge is -2.02. The van der Waals surface area contributed by atoms with E-state index >= 15 is 0 Å². The molecule has 14 heavy (non-hydrogen) atoms. The molecule has 0 aliphatic rings. The van der Waals surface area contributed by atoms with Gasteiger partial charge >= 0.3 is 0 Å². The number of aromatic nitrogens is 1. The smallest absolute Gasteiger partial charge is 0.253 e. The number of halogens is 2. The number of carbonyl (C=O) groups excluding carboxylic acids is 1. The minimum absolute atomic E-state index is 0. The molecule has 0 aliphatic carbocycles. The maximum Gasteiger partial charge on any atom is 0.253 e. The van der Waals surface area contributed by atoms with Crippen LogP contribution in [0.25, 0.3) is 0 Å². The van der Waals surface area contributed by atoms with Crippen molar-refractivity contribution in [3.8, 4) is 0 Å². The van der Waals surface area contributed by atoms with Gasteiger partial charge in [-0.3, -0.25) is 9.63 Å². The highest BCUT2D eigenvalue weighted by molar-refractivity contribution is 14.1. The van der Waals surface area contributed by atoms with Gasteiger partial charge in [-0.25, -0.2) is 10.9 Å². The van der Waals surface area contributed by atoms with Gasteiger partial charge in [0.2, 0.25) is 0 Å².